The molecule has 2 aromatic carbocycles. The van der Waals surface area contributed by atoms with Crippen molar-refractivity contribution in [2.45, 2.75) is 6.10 Å². The molecule has 0 aliphatic heterocycles. The third-order valence-electron chi connectivity index (χ3n) is 3.53. The largest absolute Gasteiger partial charge is 0.496 e. The van der Waals surface area contributed by atoms with Gasteiger partial charge in [0.15, 0.2) is 0 Å². The van der Waals surface area contributed by atoms with Crippen LogP contribution in [0.2, 0.25) is 0 Å². The summed E-state index contributed by atoms with van der Waals surface area (Å²) in [4.78, 5) is 0.863. The molecule has 0 bridgehead atoms. The van der Waals surface area contributed by atoms with Gasteiger partial charge >= 0.3 is 0 Å². The molecule has 1 N–H and O–H groups in total. The van der Waals surface area contributed by atoms with Crippen molar-refractivity contribution in [1.29, 1.82) is 0 Å². The highest BCUT2D eigenvalue weighted by Gasteiger charge is 2.17. The van der Waals surface area contributed by atoms with Gasteiger partial charge in [-0.3, -0.25) is 0 Å². The second-order valence-electron chi connectivity index (χ2n) is 4.69. The lowest BCUT2D eigenvalue weighted by Gasteiger charge is -2.14. The Morgan fingerprint density at radius 1 is 1.00 bits per heavy atom. The Hall–Kier alpha value is -2.04. The second kappa shape index (κ2) is 5.76. The Morgan fingerprint density at radius 2 is 1.76 bits per heavy atom. The Bertz CT molecular complexity index is 764. The molecule has 108 valence electrons. The van der Waals surface area contributed by atoms with Crippen molar-refractivity contribution in [3.05, 3.63) is 58.3 Å². The molecule has 1 unspecified atom stereocenters. The van der Waals surface area contributed by atoms with Crippen molar-refractivity contribution >= 4 is 22.1 Å². The number of rotatable bonds is 4. The summed E-state index contributed by atoms with van der Waals surface area (Å²) in [6, 6.07) is 13.6. The summed E-state index contributed by atoms with van der Waals surface area (Å²) >= 11 is 1.49. The van der Waals surface area contributed by atoms with Crippen LogP contribution >= 0.6 is 11.3 Å². The van der Waals surface area contributed by atoms with E-state index in [4.69, 9.17) is 9.47 Å². The van der Waals surface area contributed by atoms with Crippen LogP contribution < -0.4 is 9.47 Å². The smallest absolute Gasteiger partial charge is 0.129 e. The van der Waals surface area contributed by atoms with Gasteiger partial charge in [-0.1, -0.05) is 30.3 Å². The van der Waals surface area contributed by atoms with E-state index in [1.54, 1.807) is 14.2 Å². The van der Waals surface area contributed by atoms with E-state index in [0.717, 1.165) is 32.7 Å². The number of fused-ring (bicyclic) bond motifs is 1. The van der Waals surface area contributed by atoms with Crippen molar-refractivity contribution in [2.75, 3.05) is 14.2 Å². The Balaban J connectivity index is 2.11. The van der Waals surface area contributed by atoms with E-state index in [1.165, 1.54) is 11.3 Å². The molecular weight excluding hydrogens is 284 g/mol. The van der Waals surface area contributed by atoms with Crippen LogP contribution in [0, 0.1) is 0 Å². The van der Waals surface area contributed by atoms with Crippen molar-refractivity contribution in [3.63, 3.8) is 0 Å². The molecule has 3 aromatic rings. The molecule has 3 nitrogen and oxygen atoms in total. The van der Waals surface area contributed by atoms with Crippen molar-refractivity contribution < 1.29 is 14.6 Å². The van der Waals surface area contributed by atoms with Gasteiger partial charge in [0.05, 0.1) is 14.2 Å². The highest BCUT2D eigenvalue weighted by atomic mass is 32.1. The number of aliphatic hydroxyl groups excluding tert-OH is 1. The van der Waals surface area contributed by atoms with Crippen molar-refractivity contribution in [3.8, 4) is 11.5 Å². The standard InChI is InChI=1S/C17H16O3S/c1-19-11-9-16(21-10-11)17(18)14-7-8-15(20-2)13-6-4-3-5-12(13)14/h3-10,17-18H,1-2H3. The molecule has 0 aliphatic carbocycles. The summed E-state index contributed by atoms with van der Waals surface area (Å²) < 4.78 is 10.6. The first-order valence-electron chi connectivity index (χ1n) is 6.60. The maximum absolute atomic E-state index is 10.7. The van der Waals surface area contributed by atoms with Gasteiger partial charge in [0.25, 0.3) is 0 Å². The van der Waals surface area contributed by atoms with Crippen LogP contribution in [0.3, 0.4) is 0 Å². The molecule has 0 saturated carbocycles. The monoisotopic (exact) mass is 300 g/mol. The molecule has 0 radical (unpaired) electrons. The second-order valence-corrected chi connectivity index (χ2v) is 5.64. The number of benzene rings is 2. The average Bonchev–Trinajstić information content (AvgIpc) is 3.02. The van der Waals surface area contributed by atoms with Crippen molar-refractivity contribution in [2.24, 2.45) is 0 Å². The molecule has 0 saturated heterocycles. The quantitative estimate of drug-likeness (QED) is 0.791. The zero-order chi connectivity index (χ0) is 14.8. The number of methoxy groups -OCH3 is 2. The fraction of sp³-hybridized carbons (Fsp3) is 0.176. The summed E-state index contributed by atoms with van der Waals surface area (Å²) in [6.07, 6.45) is -0.672. The molecule has 1 atom stereocenters. The van der Waals surface area contributed by atoms with Gasteiger partial charge in [-0.2, -0.15) is 0 Å². The predicted molar refractivity (Wildman–Crippen MR) is 85.4 cm³/mol. The minimum Gasteiger partial charge on any atom is -0.496 e. The molecule has 1 aromatic heterocycles. The van der Waals surface area contributed by atoms with Gasteiger partial charge < -0.3 is 14.6 Å². The molecule has 0 amide bonds. The fourth-order valence-electron chi connectivity index (χ4n) is 2.45. The third-order valence-corrected chi connectivity index (χ3v) is 4.50. The molecule has 3 rings (SSSR count). The van der Waals surface area contributed by atoms with E-state index in [0.29, 0.717) is 0 Å². The summed E-state index contributed by atoms with van der Waals surface area (Å²) in [7, 11) is 3.28. The van der Waals surface area contributed by atoms with E-state index < -0.39 is 6.10 Å². The van der Waals surface area contributed by atoms with E-state index in [2.05, 4.69) is 0 Å². The van der Waals surface area contributed by atoms with Gasteiger partial charge in [-0.05, 0) is 23.1 Å². The highest BCUT2D eigenvalue weighted by molar-refractivity contribution is 7.10. The van der Waals surface area contributed by atoms with Crippen LogP contribution in [0.25, 0.3) is 10.8 Å². The lowest BCUT2D eigenvalue weighted by molar-refractivity contribution is 0.225. The van der Waals surface area contributed by atoms with Gasteiger partial charge in [-0.15, -0.1) is 11.3 Å². The molecular formula is C17H16O3S. The van der Waals surface area contributed by atoms with E-state index in [-0.39, 0.29) is 0 Å². The number of hydrogen-bond acceptors (Lipinski definition) is 4. The first kappa shape index (κ1) is 13.9. The maximum Gasteiger partial charge on any atom is 0.129 e. The van der Waals surface area contributed by atoms with Crippen LogP contribution in [-0.4, -0.2) is 19.3 Å². The number of thiophene rings is 1. The normalized spacial score (nSPS) is 12.3. The van der Waals surface area contributed by atoms with E-state index >= 15 is 0 Å². The van der Waals surface area contributed by atoms with Gasteiger partial charge in [0.1, 0.15) is 17.6 Å². The highest BCUT2D eigenvalue weighted by Crippen LogP contribution is 2.36. The summed E-state index contributed by atoms with van der Waals surface area (Å²) in [5.41, 5.74) is 0.871. The number of hydrogen-bond donors (Lipinski definition) is 1. The lowest BCUT2D eigenvalue weighted by atomic mass is 9.99. The Kier molecular flexibility index (Phi) is 3.82. The average molecular weight is 300 g/mol. The van der Waals surface area contributed by atoms with Crippen LogP contribution in [0.4, 0.5) is 0 Å². The molecule has 1 heterocycles. The van der Waals surface area contributed by atoms with Gasteiger partial charge in [-0.25, -0.2) is 0 Å². The van der Waals surface area contributed by atoms with Crippen LogP contribution in [0.15, 0.2) is 47.8 Å². The topological polar surface area (TPSA) is 38.7 Å². The predicted octanol–water partition coefficient (Wildman–Crippen LogP) is 4.00. The van der Waals surface area contributed by atoms with Crippen LogP contribution in [0.1, 0.15) is 16.5 Å². The molecule has 0 aliphatic rings. The summed E-state index contributed by atoms with van der Waals surface area (Å²) in [5, 5.41) is 14.6. The van der Waals surface area contributed by atoms with E-state index in [9.17, 15) is 5.11 Å². The zero-order valence-electron chi connectivity index (χ0n) is 11.9. The molecule has 0 spiro atoms. The number of ether oxygens (including phenoxy) is 2. The SMILES string of the molecule is COc1csc(C(O)c2ccc(OC)c3ccccc23)c1. The molecule has 21 heavy (non-hydrogen) atoms. The fourth-order valence-corrected chi connectivity index (χ4v) is 3.31. The molecule has 0 fully saturated rings. The van der Waals surface area contributed by atoms with Crippen LogP contribution in [-0.2, 0) is 0 Å². The maximum atomic E-state index is 10.7. The summed E-state index contributed by atoms with van der Waals surface area (Å²) in [5.74, 6) is 1.58. The van der Waals surface area contributed by atoms with Crippen molar-refractivity contribution in [1.82, 2.24) is 0 Å². The Morgan fingerprint density at radius 3 is 2.43 bits per heavy atom. The van der Waals surface area contributed by atoms with Crippen LogP contribution in [0.5, 0.6) is 11.5 Å². The first-order valence-corrected chi connectivity index (χ1v) is 7.48. The van der Waals surface area contributed by atoms with Gasteiger partial charge in [0.2, 0.25) is 0 Å². The minimum absolute atomic E-state index is 0.672. The first-order chi connectivity index (χ1) is 10.2. The molecule has 4 heteroatoms. The lowest BCUT2D eigenvalue weighted by Crippen LogP contribution is -1.99. The van der Waals surface area contributed by atoms with E-state index in [1.807, 2.05) is 47.8 Å². The number of aliphatic hydroxyl groups is 1. The summed E-state index contributed by atoms with van der Waals surface area (Å²) in [6.45, 7) is 0. The zero-order valence-corrected chi connectivity index (χ0v) is 12.7. The Labute approximate surface area is 127 Å². The van der Waals surface area contributed by atoms with Gasteiger partial charge in [0, 0.05) is 15.6 Å². The minimum atomic E-state index is -0.672. The third kappa shape index (κ3) is 2.48.